The molecule has 0 amide bonds. The lowest BCUT2D eigenvalue weighted by Crippen LogP contribution is -2.07. The number of aryl methyl sites for hydroxylation is 2. The second-order valence-corrected chi connectivity index (χ2v) is 10.5. The number of benzene rings is 2. The van der Waals surface area contributed by atoms with Crippen LogP contribution in [-0.2, 0) is 25.9 Å². The summed E-state index contributed by atoms with van der Waals surface area (Å²) in [5.74, 6) is 2.73. The number of rotatable bonds is 15. The van der Waals surface area contributed by atoms with Gasteiger partial charge in [-0.25, -0.2) is 0 Å². The zero-order chi connectivity index (χ0) is 26.7. The van der Waals surface area contributed by atoms with Gasteiger partial charge in [-0.15, -0.1) is 20.4 Å². The van der Waals surface area contributed by atoms with Crippen molar-refractivity contribution in [1.82, 2.24) is 29.5 Å². The first kappa shape index (κ1) is 27.8. The predicted molar refractivity (Wildman–Crippen MR) is 151 cm³/mol. The van der Waals surface area contributed by atoms with E-state index in [1.807, 2.05) is 60.7 Å². The van der Waals surface area contributed by atoms with Crippen LogP contribution in [0.4, 0.5) is 0 Å². The molecule has 2 aromatic carbocycles. The van der Waals surface area contributed by atoms with Crippen LogP contribution in [0.25, 0.3) is 0 Å². The van der Waals surface area contributed by atoms with Gasteiger partial charge in [0.2, 0.25) is 0 Å². The molecule has 0 saturated heterocycles. The first-order chi connectivity index (χ1) is 18.6. The SMILES string of the molecule is CCn1c(CCCCc2nnc(SCC(=O)c3ccccc3)n2CC)nnc1SCC(=O)c1ccccc1. The zero-order valence-corrected chi connectivity index (χ0v) is 23.4. The van der Waals surface area contributed by atoms with Crippen molar-refractivity contribution in [2.75, 3.05) is 11.5 Å². The van der Waals surface area contributed by atoms with Crippen molar-refractivity contribution in [3.63, 3.8) is 0 Å². The number of carbonyl (C=O) groups is 2. The van der Waals surface area contributed by atoms with Crippen LogP contribution in [0.5, 0.6) is 0 Å². The molecule has 0 saturated carbocycles. The Labute approximate surface area is 231 Å². The molecular formula is C28H32N6O2S2. The Morgan fingerprint density at radius 1 is 0.632 bits per heavy atom. The van der Waals surface area contributed by atoms with Gasteiger partial charge in [-0.05, 0) is 26.7 Å². The summed E-state index contributed by atoms with van der Waals surface area (Å²) in [5.41, 5.74) is 1.43. The monoisotopic (exact) mass is 548 g/mol. The second kappa shape index (κ2) is 14.1. The standard InChI is InChI=1S/C28H32N6O2S2/c1-3-33-25(29-31-27(33)37-19-23(35)21-13-7-5-8-14-21)17-11-12-18-26-30-32-28(34(26)4-2)38-20-24(36)22-15-9-6-10-16-22/h5-10,13-16H,3-4,11-12,17-20H2,1-2H3. The predicted octanol–water partition coefficient (Wildman–Crippen LogP) is 5.42. The maximum atomic E-state index is 12.5. The number of carbonyl (C=O) groups excluding carboxylic acids is 2. The molecule has 4 aromatic rings. The molecule has 2 aromatic heterocycles. The van der Waals surface area contributed by atoms with E-state index in [-0.39, 0.29) is 11.6 Å². The van der Waals surface area contributed by atoms with Crippen LogP contribution in [-0.4, -0.2) is 52.6 Å². The third-order valence-corrected chi connectivity index (χ3v) is 8.06. The summed E-state index contributed by atoms with van der Waals surface area (Å²) in [6.07, 6.45) is 3.50. The Kier molecular flexibility index (Phi) is 10.3. The number of hydrogen-bond acceptors (Lipinski definition) is 8. The fourth-order valence-corrected chi connectivity index (χ4v) is 5.93. The highest BCUT2D eigenvalue weighted by Crippen LogP contribution is 2.21. The van der Waals surface area contributed by atoms with Gasteiger partial charge in [0.05, 0.1) is 11.5 Å². The third kappa shape index (κ3) is 7.20. The Morgan fingerprint density at radius 2 is 1.03 bits per heavy atom. The van der Waals surface area contributed by atoms with Gasteiger partial charge in [-0.2, -0.15) is 0 Å². The zero-order valence-electron chi connectivity index (χ0n) is 21.7. The molecule has 0 spiro atoms. The van der Waals surface area contributed by atoms with Crippen molar-refractivity contribution in [2.24, 2.45) is 0 Å². The Hall–Kier alpha value is -3.24. The third-order valence-electron chi connectivity index (χ3n) is 6.13. The van der Waals surface area contributed by atoms with Crippen LogP contribution in [0.15, 0.2) is 71.0 Å². The van der Waals surface area contributed by atoms with Crippen LogP contribution in [0.1, 0.15) is 59.1 Å². The number of unbranched alkanes of at least 4 members (excludes halogenated alkanes) is 1. The minimum Gasteiger partial charge on any atom is -0.306 e. The average molecular weight is 549 g/mol. The minimum atomic E-state index is 0.0878. The van der Waals surface area contributed by atoms with Crippen molar-refractivity contribution < 1.29 is 9.59 Å². The van der Waals surface area contributed by atoms with Crippen molar-refractivity contribution in [1.29, 1.82) is 0 Å². The molecule has 4 rings (SSSR count). The van der Waals surface area contributed by atoms with Crippen molar-refractivity contribution in [2.45, 2.75) is 62.9 Å². The number of hydrogen-bond donors (Lipinski definition) is 0. The average Bonchev–Trinajstić information content (AvgIpc) is 3.56. The van der Waals surface area contributed by atoms with E-state index in [1.165, 1.54) is 23.5 Å². The van der Waals surface area contributed by atoms with E-state index in [9.17, 15) is 9.59 Å². The van der Waals surface area contributed by atoms with Crippen LogP contribution < -0.4 is 0 Å². The molecule has 2 heterocycles. The minimum absolute atomic E-state index is 0.0878. The van der Waals surface area contributed by atoms with Gasteiger partial charge in [0.15, 0.2) is 21.9 Å². The smallest absolute Gasteiger partial charge is 0.191 e. The first-order valence-corrected chi connectivity index (χ1v) is 14.8. The normalized spacial score (nSPS) is 11.1. The van der Waals surface area contributed by atoms with Crippen LogP contribution in [0.2, 0.25) is 0 Å². The molecule has 0 atom stereocenters. The van der Waals surface area contributed by atoms with Gasteiger partial charge < -0.3 is 9.13 Å². The lowest BCUT2D eigenvalue weighted by atomic mass is 10.2. The second-order valence-electron chi connectivity index (χ2n) is 8.65. The largest absolute Gasteiger partial charge is 0.306 e. The summed E-state index contributed by atoms with van der Waals surface area (Å²) in [7, 11) is 0. The number of nitrogens with zero attached hydrogens (tertiary/aromatic N) is 6. The van der Waals surface area contributed by atoms with E-state index in [0.29, 0.717) is 22.6 Å². The fraction of sp³-hybridized carbons (Fsp3) is 0.357. The highest BCUT2D eigenvalue weighted by molar-refractivity contribution is 8.00. The van der Waals surface area contributed by atoms with Crippen LogP contribution >= 0.6 is 23.5 Å². The number of ketones is 2. The lowest BCUT2D eigenvalue weighted by molar-refractivity contribution is 0.101. The topological polar surface area (TPSA) is 95.6 Å². The van der Waals surface area contributed by atoms with Crippen LogP contribution in [0.3, 0.4) is 0 Å². The van der Waals surface area contributed by atoms with Gasteiger partial charge in [-0.1, -0.05) is 84.2 Å². The van der Waals surface area contributed by atoms with E-state index in [0.717, 1.165) is 60.7 Å². The Bertz CT molecular complexity index is 1230. The maximum Gasteiger partial charge on any atom is 0.191 e. The molecule has 0 unspecified atom stereocenters. The summed E-state index contributed by atoms with van der Waals surface area (Å²) in [6, 6.07) is 18.7. The summed E-state index contributed by atoms with van der Waals surface area (Å²) in [6.45, 7) is 5.66. The molecule has 0 bridgehead atoms. The molecule has 0 aliphatic rings. The molecule has 10 heteroatoms. The van der Waals surface area contributed by atoms with Crippen molar-refractivity contribution >= 4 is 35.1 Å². The molecule has 0 N–H and O–H groups in total. The molecule has 38 heavy (non-hydrogen) atoms. The summed E-state index contributed by atoms with van der Waals surface area (Å²) in [5, 5.41) is 19.0. The van der Waals surface area contributed by atoms with Crippen molar-refractivity contribution in [3.8, 4) is 0 Å². The number of Topliss-reactive ketones (excluding diaryl/α,β-unsaturated/α-hetero) is 2. The van der Waals surface area contributed by atoms with E-state index in [2.05, 4.69) is 43.4 Å². The molecule has 8 nitrogen and oxygen atoms in total. The quantitative estimate of drug-likeness (QED) is 0.110. The summed E-state index contributed by atoms with van der Waals surface area (Å²) >= 11 is 2.87. The summed E-state index contributed by atoms with van der Waals surface area (Å²) in [4.78, 5) is 24.9. The molecule has 0 fully saturated rings. The Morgan fingerprint density at radius 3 is 1.39 bits per heavy atom. The number of thioether (sulfide) groups is 2. The summed E-state index contributed by atoms with van der Waals surface area (Å²) < 4.78 is 4.19. The molecule has 198 valence electrons. The Balaban J connectivity index is 1.26. The van der Waals surface area contributed by atoms with E-state index < -0.39 is 0 Å². The highest BCUT2D eigenvalue weighted by atomic mass is 32.2. The van der Waals surface area contributed by atoms with E-state index >= 15 is 0 Å². The van der Waals surface area contributed by atoms with Gasteiger partial charge in [0, 0.05) is 37.1 Å². The molecule has 0 radical (unpaired) electrons. The lowest BCUT2D eigenvalue weighted by Gasteiger charge is -2.08. The van der Waals surface area contributed by atoms with Gasteiger partial charge in [-0.3, -0.25) is 9.59 Å². The van der Waals surface area contributed by atoms with Crippen molar-refractivity contribution in [3.05, 3.63) is 83.4 Å². The molecule has 0 aliphatic heterocycles. The molecular weight excluding hydrogens is 516 g/mol. The fourth-order valence-electron chi connectivity index (χ4n) is 4.10. The van der Waals surface area contributed by atoms with Crippen LogP contribution in [0, 0.1) is 0 Å². The first-order valence-electron chi connectivity index (χ1n) is 12.9. The van der Waals surface area contributed by atoms with E-state index in [4.69, 9.17) is 0 Å². The van der Waals surface area contributed by atoms with Gasteiger partial charge >= 0.3 is 0 Å². The van der Waals surface area contributed by atoms with Gasteiger partial charge in [0.1, 0.15) is 11.6 Å². The highest BCUT2D eigenvalue weighted by Gasteiger charge is 2.16. The number of aromatic nitrogens is 6. The van der Waals surface area contributed by atoms with E-state index in [1.54, 1.807) is 0 Å². The maximum absolute atomic E-state index is 12.5. The molecule has 0 aliphatic carbocycles. The van der Waals surface area contributed by atoms with Gasteiger partial charge in [0.25, 0.3) is 0 Å².